The predicted octanol–water partition coefficient (Wildman–Crippen LogP) is 0.222. The van der Waals surface area contributed by atoms with Gasteiger partial charge in [0, 0.05) is 13.7 Å². The van der Waals surface area contributed by atoms with Crippen molar-refractivity contribution in [1.29, 1.82) is 0 Å². The highest BCUT2D eigenvalue weighted by molar-refractivity contribution is 5.77. The van der Waals surface area contributed by atoms with E-state index in [2.05, 4.69) is 5.32 Å². The molecule has 0 bridgehead atoms. The van der Waals surface area contributed by atoms with Crippen molar-refractivity contribution in [3.63, 3.8) is 0 Å². The van der Waals surface area contributed by atoms with E-state index >= 15 is 0 Å². The highest BCUT2D eigenvalue weighted by Gasteiger charge is 2.16. The maximum atomic E-state index is 11.3. The molecule has 20 heavy (non-hydrogen) atoms. The van der Waals surface area contributed by atoms with Gasteiger partial charge in [-0.1, -0.05) is 0 Å². The lowest BCUT2D eigenvalue weighted by molar-refractivity contribution is -0.128. The van der Waals surface area contributed by atoms with Crippen LogP contribution in [0.5, 0.6) is 0 Å². The molecule has 0 aromatic rings. The van der Waals surface area contributed by atoms with Crippen molar-refractivity contribution >= 4 is 12.0 Å². The van der Waals surface area contributed by atoms with Gasteiger partial charge in [0.05, 0.1) is 19.8 Å². The summed E-state index contributed by atoms with van der Waals surface area (Å²) in [4.78, 5) is 27.2. The maximum absolute atomic E-state index is 11.3. The zero-order chi connectivity index (χ0) is 15.4. The molecule has 2 amide bonds. The Bertz CT molecular complexity index is 290. The van der Waals surface area contributed by atoms with Crippen molar-refractivity contribution in [2.24, 2.45) is 0 Å². The molecular weight excluding hydrogens is 268 g/mol. The number of hydroxylamine groups is 1. The lowest BCUT2D eigenvalue weighted by Gasteiger charge is -2.19. The number of carbonyl (C=O) groups is 2. The minimum atomic E-state index is -0.742. The Kier molecular flexibility index (Phi) is 9.69. The predicted molar refractivity (Wildman–Crippen MR) is 71.0 cm³/mol. The summed E-state index contributed by atoms with van der Waals surface area (Å²) < 4.78 is 14.9. The number of carbonyl (C=O) groups excluding carboxylic acids is 2. The number of nitrogens with one attached hydrogen (secondary N) is 2. The van der Waals surface area contributed by atoms with Crippen molar-refractivity contribution in [2.75, 3.05) is 40.1 Å². The van der Waals surface area contributed by atoms with Crippen LogP contribution in [-0.4, -0.2) is 57.7 Å². The van der Waals surface area contributed by atoms with E-state index < -0.39 is 11.7 Å². The molecule has 0 saturated heterocycles. The molecule has 0 aliphatic carbocycles. The standard InChI is InChI=1S/C12H24N2O6/c1-12(2,3)20-11(16)14-19-9-10(15)13-5-6-18-8-7-17-4/h5-9H2,1-4H3,(H,13,15)(H,14,16). The third-order valence-electron chi connectivity index (χ3n) is 1.76. The van der Waals surface area contributed by atoms with E-state index in [1.54, 1.807) is 27.9 Å². The SMILES string of the molecule is COCCOCCNC(=O)CONC(=O)OC(C)(C)C. The summed E-state index contributed by atoms with van der Waals surface area (Å²) in [5.41, 5.74) is 1.40. The van der Waals surface area contributed by atoms with Crippen LogP contribution in [0.3, 0.4) is 0 Å². The van der Waals surface area contributed by atoms with E-state index in [0.29, 0.717) is 26.4 Å². The third kappa shape index (κ3) is 13.1. The average molecular weight is 292 g/mol. The monoisotopic (exact) mass is 292 g/mol. The van der Waals surface area contributed by atoms with Crippen LogP contribution in [0.2, 0.25) is 0 Å². The normalized spacial score (nSPS) is 11.0. The van der Waals surface area contributed by atoms with Gasteiger partial charge in [0.15, 0.2) is 6.61 Å². The molecule has 8 nitrogen and oxygen atoms in total. The largest absolute Gasteiger partial charge is 0.442 e. The molecule has 0 aromatic carbocycles. The zero-order valence-electron chi connectivity index (χ0n) is 12.5. The van der Waals surface area contributed by atoms with Crippen LogP contribution in [0.15, 0.2) is 0 Å². The van der Waals surface area contributed by atoms with Crippen molar-refractivity contribution < 1.29 is 28.6 Å². The quantitative estimate of drug-likeness (QED) is 0.466. The van der Waals surface area contributed by atoms with Crippen molar-refractivity contribution in [3.05, 3.63) is 0 Å². The Morgan fingerprint density at radius 3 is 2.40 bits per heavy atom. The maximum Gasteiger partial charge on any atom is 0.431 e. The molecule has 0 aliphatic heterocycles. The van der Waals surface area contributed by atoms with Crippen LogP contribution in [0, 0.1) is 0 Å². The van der Waals surface area contributed by atoms with Crippen LogP contribution < -0.4 is 10.8 Å². The van der Waals surface area contributed by atoms with Crippen LogP contribution in [0.1, 0.15) is 20.8 Å². The average Bonchev–Trinajstić information content (AvgIpc) is 2.31. The molecule has 0 fully saturated rings. The number of rotatable bonds is 9. The molecule has 0 radical (unpaired) electrons. The smallest absolute Gasteiger partial charge is 0.431 e. The Balaban J connectivity index is 3.47. The molecule has 0 aliphatic rings. The van der Waals surface area contributed by atoms with E-state index in [9.17, 15) is 9.59 Å². The Morgan fingerprint density at radius 1 is 1.10 bits per heavy atom. The topological polar surface area (TPSA) is 95.1 Å². The third-order valence-corrected chi connectivity index (χ3v) is 1.76. The van der Waals surface area contributed by atoms with Gasteiger partial charge >= 0.3 is 6.09 Å². The summed E-state index contributed by atoms with van der Waals surface area (Å²) in [6, 6.07) is 0. The Morgan fingerprint density at radius 2 is 1.80 bits per heavy atom. The van der Waals surface area contributed by atoms with E-state index in [1.165, 1.54) is 0 Å². The Labute approximate surface area is 119 Å². The molecule has 0 heterocycles. The summed E-state index contributed by atoms with van der Waals surface area (Å²) in [6.07, 6.45) is -0.742. The minimum absolute atomic E-state index is 0.294. The molecule has 0 rings (SSSR count). The fourth-order valence-electron chi connectivity index (χ4n) is 1.02. The van der Waals surface area contributed by atoms with E-state index in [4.69, 9.17) is 19.0 Å². The summed E-state index contributed by atoms with van der Waals surface area (Å²) in [6.45, 7) is 6.61. The number of hydrogen-bond acceptors (Lipinski definition) is 6. The fraction of sp³-hybridized carbons (Fsp3) is 0.833. The molecular formula is C12H24N2O6. The van der Waals surface area contributed by atoms with E-state index in [-0.39, 0.29) is 12.5 Å². The lowest BCUT2D eigenvalue weighted by Crippen LogP contribution is -2.37. The first-order valence-electron chi connectivity index (χ1n) is 6.29. The van der Waals surface area contributed by atoms with Gasteiger partial charge in [-0.3, -0.25) is 9.63 Å². The highest BCUT2D eigenvalue weighted by Crippen LogP contribution is 2.06. The van der Waals surface area contributed by atoms with E-state index in [1.807, 2.05) is 5.48 Å². The van der Waals surface area contributed by atoms with Crippen LogP contribution in [0.4, 0.5) is 4.79 Å². The van der Waals surface area contributed by atoms with Gasteiger partial charge in [0.1, 0.15) is 5.60 Å². The van der Waals surface area contributed by atoms with Crippen molar-refractivity contribution in [1.82, 2.24) is 10.8 Å². The number of ether oxygens (including phenoxy) is 3. The summed E-state index contributed by atoms with van der Waals surface area (Å²) in [7, 11) is 1.58. The molecule has 0 spiro atoms. The summed E-state index contributed by atoms with van der Waals surface area (Å²) in [5, 5.41) is 2.56. The van der Waals surface area contributed by atoms with Gasteiger partial charge in [-0.05, 0) is 20.8 Å². The van der Waals surface area contributed by atoms with Crippen LogP contribution >= 0.6 is 0 Å². The molecule has 0 atom stereocenters. The van der Waals surface area contributed by atoms with Gasteiger partial charge in [-0.25, -0.2) is 4.79 Å². The van der Waals surface area contributed by atoms with E-state index in [0.717, 1.165) is 0 Å². The summed E-state index contributed by atoms with van der Waals surface area (Å²) in [5.74, 6) is -0.364. The summed E-state index contributed by atoms with van der Waals surface area (Å²) >= 11 is 0. The highest BCUT2D eigenvalue weighted by atomic mass is 16.7. The van der Waals surface area contributed by atoms with Crippen molar-refractivity contribution in [2.45, 2.75) is 26.4 Å². The molecule has 118 valence electrons. The number of methoxy groups -OCH3 is 1. The van der Waals surface area contributed by atoms with Crippen molar-refractivity contribution in [3.8, 4) is 0 Å². The second kappa shape index (κ2) is 10.4. The molecule has 8 heteroatoms. The molecule has 0 aromatic heterocycles. The lowest BCUT2D eigenvalue weighted by atomic mass is 10.2. The minimum Gasteiger partial charge on any atom is -0.442 e. The van der Waals surface area contributed by atoms with Gasteiger partial charge in [-0.2, -0.15) is 5.48 Å². The molecule has 0 unspecified atom stereocenters. The zero-order valence-corrected chi connectivity index (χ0v) is 12.5. The number of hydrogen-bond donors (Lipinski definition) is 2. The first-order valence-corrected chi connectivity index (χ1v) is 6.29. The van der Waals surface area contributed by atoms with Gasteiger partial charge in [0.25, 0.3) is 0 Å². The molecule has 2 N–H and O–H groups in total. The van der Waals surface area contributed by atoms with Crippen LogP contribution in [-0.2, 0) is 23.8 Å². The van der Waals surface area contributed by atoms with Gasteiger partial charge in [0.2, 0.25) is 5.91 Å². The number of amides is 2. The van der Waals surface area contributed by atoms with Gasteiger partial charge in [-0.15, -0.1) is 0 Å². The second-order valence-electron chi connectivity index (χ2n) is 4.85. The second-order valence-corrected chi connectivity index (χ2v) is 4.85. The van der Waals surface area contributed by atoms with Gasteiger partial charge < -0.3 is 19.5 Å². The first-order chi connectivity index (χ1) is 9.35. The molecule has 0 saturated carbocycles. The van der Waals surface area contributed by atoms with Crippen LogP contribution in [0.25, 0.3) is 0 Å². The first kappa shape index (κ1) is 18.6. The fourth-order valence-corrected chi connectivity index (χ4v) is 1.02. The Hall–Kier alpha value is -1.38.